The molecule has 0 fully saturated rings. The fourth-order valence-electron chi connectivity index (χ4n) is 7.93. The Hall–Kier alpha value is -6.28. The number of aliphatic imine (C=N–C) groups is 2. The van der Waals surface area contributed by atoms with Crippen LogP contribution in [-0.2, 0) is 9.47 Å². The van der Waals surface area contributed by atoms with E-state index in [1.165, 1.54) is 21.5 Å². The summed E-state index contributed by atoms with van der Waals surface area (Å²) in [6.07, 6.45) is 3.84. The number of aromatic nitrogens is 4. The van der Waals surface area contributed by atoms with Crippen LogP contribution >= 0.6 is 0 Å². The van der Waals surface area contributed by atoms with Gasteiger partial charge in [-0.2, -0.15) is 0 Å². The third-order valence-corrected chi connectivity index (χ3v) is 12.5. The van der Waals surface area contributed by atoms with Gasteiger partial charge in [-0.05, 0) is 127 Å². The lowest BCUT2D eigenvalue weighted by molar-refractivity contribution is 0.0615. The average molecular weight is 737 g/mol. The molecule has 56 heavy (non-hydrogen) atoms. The Morgan fingerprint density at radius 2 is 0.821 bits per heavy atom. The summed E-state index contributed by atoms with van der Waals surface area (Å²) in [5.74, 6) is 1.18. The lowest BCUT2D eigenvalue weighted by Crippen LogP contribution is -2.41. The summed E-state index contributed by atoms with van der Waals surface area (Å²) < 4.78 is 17.1. The van der Waals surface area contributed by atoms with Gasteiger partial charge in [-0.15, -0.1) is 0 Å². The van der Waals surface area contributed by atoms with E-state index in [2.05, 4.69) is 162 Å². The van der Waals surface area contributed by atoms with Gasteiger partial charge >= 0.3 is 0 Å². The van der Waals surface area contributed by atoms with Gasteiger partial charge in [0.05, 0.1) is 56.9 Å². The first-order chi connectivity index (χ1) is 26.7. The fourth-order valence-corrected chi connectivity index (χ4v) is 7.93. The van der Waals surface area contributed by atoms with E-state index in [9.17, 15) is 0 Å². The number of para-hydroxylation sites is 2. The first-order valence-corrected chi connectivity index (χ1v) is 19.3. The van der Waals surface area contributed by atoms with E-state index in [4.69, 9.17) is 29.4 Å². The van der Waals surface area contributed by atoms with Crippen molar-refractivity contribution >= 4 is 55.4 Å². The average Bonchev–Trinajstić information content (AvgIpc) is 3.83. The summed E-state index contributed by atoms with van der Waals surface area (Å²) in [7, 11) is 0. The molecule has 0 saturated heterocycles. The molecule has 0 saturated carbocycles. The molecule has 0 spiro atoms. The summed E-state index contributed by atoms with van der Waals surface area (Å²) >= 11 is 0. The highest BCUT2D eigenvalue weighted by atomic mass is 16.5. The van der Waals surface area contributed by atoms with Gasteiger partial charge in [0, 0.05) is 21.5 Å². The van der Waals surface area contributed by atoms with E-state index in [-0.39, 0.29) is 11.1 Å². The van der Waals surface area contributed by atoms with Crippen molar-refractivity contribution in [3.8, 4) is 22.5 Å². The van der Waals surface area contributed by atoms with Crippen molar-refractivity contribution in [2.24, 2.45) is 9.98 Å². The van der Waals surface area contributed by atoms with E-state index in [1.807, 2.05) is 24.5 Å². The molecule has 0 radical (unpaired) electrons. The zero-order valence-electron chi connectivity index (χ0n) is 33.0. The fraction of sp³-hybridized carbons (Fsp3) is 0.250. The third-order valence-electron chi connectivity index (χ3n) is 12.5. The van der Waals surface area contributed by atoms with E-state index >= 15 is 0 Å². The molecule has 0 atom stereocenters. The van der Waals surface area contributed by atoms with Gasteiger partial charge in [0.25, 0.3) is 0 Å². The lowest BCUT2D eigenvalue weighted by Gasteiger charge is -2.30. The van der Waals surface area contributed by atoms with Crippen molar-refractivity contribution in [2.45, 2.75) is 77.7 Å². The van der Waals surface area contributed by atoms with E-state index < -0.39 is 11.2 Å². The molecule has 6 heterocycles. The van der Waals surface area contributed by atoms with Gasteiger partial charge < -0.3 is 18.6 Å². The molecule has 0 amide bonds. The van der Waals surface area contributed by atoms with Gasteiger partial charge in [-0.1, -0.05) is 48.5 Å². The van der Waals surface area contributed by atoms with Crippen LogP contribution in [0, 0.1) is 0 Å². The van der Waals surface area contributed by atoms with Crippen molar-refractivity contribution in [1.29, 1.82) is 0 Å². The second kappa shape index (κ2) is 11.6. The van der Waals surface area contributed by atoms with Crippen LogP contribution in [0.3, 0.4) is 0 Å². The standard InChI is InChI=1S/C48H44N6O2/c1-45(2)47(5,6)55-43(51-45)37-21-19-31(27-49-37)53-39-15-11-9-13-33(39)35-25-29(17-23-41(35)53)30-18-24-42-36(26-30)34-14-10-12-16-40(34)54(42)32-20-22-38(50-28-32)44-52-46(3,4)48(7,8)56-44/h9-28H,1-8H3. The third kappa shape index (κ3) is 5.04. The minimum Gasteiger partial charge on any atom is -0.468 e. The molecule has 0 aliphatic carbocycles. The minimum absolute atomic E-state index is 0.338. The number of hydrogen-bond acceptors (Lipinski definition) is 6. The van der Waals surface area contributed by atoms with Crippen molar-refractivity contribution in [2.75, 3.05) is 0 Å². The van der Waals surface area contributed by atoms with E-state index in [1.54, 1.807) is 0 Å². The summed E-state index contributed by atoms with van der Waals surface area (Å²) in [4.78, 5) is 19.4. The Morgan fingerprint density at radius 1 is 0.429 bits per heavy atom. The molecule has 8 heteroatoms. The van der Waals surface area contributed by atoms with Crippen LogP contribution in [0.4, 0.5) is 0 Å². The maximum absolute atomic E-state index is 6.25. The molecule has 8 nitrogen and oxygen atoms in total. The van der Waals surface area contributed by atoms with Gasteiger partial charge in [0.1, 0.15) is 22.6 Å². The van der Waals surface area contributed by atoms with E-state index in [0.29, 0.717) is 11.8 Å². The Bertz CT molecular complexity index is 2760. The quantitative estimate of drug-likeness (QED) is 0.176. The second-order valence-corrected chi connectivity index (χ2v) is 17.1. The maximum atomic E-state index is 6.25. The number of ether oxygens (including phenoxy) is 2. The molecule has 10 rings (SSSR count). The van der Waals surface area contributed by atoms with Crippen LogP contribution < -0.4 is 0 Å². The van der Waals surface area contributed by atoms with Crippen LogP contribution in [-0.4, -0.2) is 53.2 Å². The molecule has 0 N–H and O–H groups in total. The number of pyridine rings is 2. The van der Waals surface area contributed by atoms with Gasteiger partial charge in [-0.25, -0.2) is 20.0 Å². The van der Waals surface area contributed by atoms with Crippen LogP contribution in [0.5, 0.6) is 0 Å². The molecule has 2 aliphatic rings. The largest absolute Gasteiger partial charge is 0.468 e. The molecule has 2 aliphatic heterocycles. The number of fused-ring (bicyclic) bond motifs is 6. The maximum Gasteiger partial charge on any atom is 0.236 e. The predicted octanol–water partition coefficient (Wildman–Crippen LogP) is 11.0. The molecular formula is C48H44N6O2. The Labute approximate surface area is 326 Å². The first kappa shape index (κ1) is 34.2. The van der Waals surface area contributed by atoms with Crippen LogP contribution in [0.1, 0.15) is 66.8 Å². The first-order valence-electron chi connectivity index (χ1n) is 19.3. The zero-order valence-corrected chi connectivity index (χ0v) is 33.0. The Balaban J connectivity index is 1.03. The normalized spacial score (nSPS) is 18.0. The van der Waals surface area contributed by atoms with Gasteiger partial charge in [-0.3, -0.25) is 0 Å². The number of rotatable bonds is 5. The monoisotopic (exact) mass is 736 g/mol. The van der Waals surface area contributed by atoms with Gasteiger partial charge in [0.15, 0.2) is 0 Å². The van der Waals surface area contributed by atoms with Crippen LogP contribution in [0.15, 0.2) is 132 Å². The lowest BCUT2D eigenvalue weighted by atomic mass is 9.87. The molecule has 278 valence electrons. The second-order valence-electron chi connectivity index (χ2n) is 17.1. The SMILES string of the molecule is CC1(C)N=C(c2ccc(-n3c4ccccc4c4cc(-c5ccc6c(c5)c5ccccc5n6-c5ccc(C6=NC(C)(C)C(C)(C)O6)nc5)ccc43)cn2)OC1(C)C. The minimum atomic E-state index is -0.407. The number of nitrogens with zero attached hydrogens (tertiary/aromatic N) is 6. The smallest absolute Gasteiger partial charge is 0.236 e. The van der Waals surface area contributed by atoms with Crippen molar-refractivity contribution in [3.63, 3.8) is 0 Å². The highest BCUT2D eigenvalue weighted by Crippen LogP contribution is 2.40. The van der Waals surface area contributed by atoms with Crippen molar-refractivity contribution in [1.82, 2.24) is 19.1 Å². The van der Waals surface area contributed by atoms with Crippen molar-refractivity contribution in [3.05, 3.63) is 133 Å². The molecule has 0 bridgehead atoms. The molecule has 4 aromatic heterocycles. The number of hydrogen-bond donors (Lipinski definition) is 0. The number of benzene rings is 4. The Kier molecular flexibility index (Phi) is 7.10. The molecule has 0 unspecified atom stereocenters. The van der Waals surface area contributed by atoms with Gasteiger partial charge in [0.2, 0.25) is 11.8 Å². The topological polar surface area (TPSA) is 78.8 Å². The zero-order chi connectivity index (χ0) is 38.8. The molecular weight excluding hydrogens is 693 g/mol. The Morgan fingerprint density at radius 3 is 1.18 bits per heavy atom. The molecule has 8 aromatic rings. The molecule has 4 aromatic carbocycles. The van der Waals surface area contributed by atoms with Crippen LogP contribution in [0.2, 0.25) is 0 Å². The highest BCUT2D eigenvalue weighted by Gasteiger charge is 2.47. The summed E-state index contributed by atoms with van der Waals surface area (Å²) in [5, 5.41) is 4.75. The highest BCUT2D eigenvalue weighted by molar-refractivity contribution is 6.12. The van der Waals surface area contributed by atoms with Crippen molar-refractivity contribution < 1.29 is 9.47 Å². The predicted molar refractivity (Wildman–Crippen MR) is 228 cm³/mol. The van der Waals surface area contributed by atoms with E-state index in [0.717, 1.165) is 56.0 Å². The summed E-state index contributed by atoms with van der Waals surface area (Å²) in [5.41, 5.74) is 8.77. The summed E-state index contributed by atoms with van der Waals surface area (Å²) in [6, 6.07) is 39.0. The summed E-state index contributed by atoms with van der Waals surface area (Å²) in [6.45, 7) is 16.7. The van der Waals surface area contributed by atoms with Crippen LogP contribution in [0.25, 0.3) is 66.1 Å².